The Morgan fingerprint density at radius 1 is 1.38 bits per heavy atom. The molecular formula is C10H13BrN4O. The van der Waals surface area contributed by atoms with Crippen LogP contribution in [0, 0.1) is 6.92 Å². The van der Waals surface area contributed by atoms with Gasteiger partial charge in [-0.25, -0.2) is 9.50 Å². The van der Waals surface area contributed by atoms with Gasteiger partial charge in [0.15, 0.2) is 10.3 Å². The van der Waals surface area contributed by atoms with E-state index >= 15 is 0 Å². The Bertz CT molecular complexity index is 606. The van der Waals surface area contributed by atoms with Crippen LogP contribution in [0.4, 0.5) is 0 Å². The lowest BCUT2D eigenvalue weighted by Gasteiger charge is -2.21. The summed E-state index contributed by atoms with van der Waals surface area (Å²) in [6, 6.07) is 0. The zero-order valence-electron chi connectivity index (χ0n) is 9.65. The molecule has 5 nitrogen and oxygen atoms in total. The summed E-state index contributed by atoms with van der Waals surface area (Å²) < 4.78 is 3.68. The maximum absolute atomic E-state index is 12.3. The second kappa shape index (κ2) is 3.41. The van der Waals surface area contributed by atoms with Crippen LogP contribution in [0.5, 0.6) is 0 Å². The first-order valence-corrected chi connectivity index (χ1v) is 5.74. The van der Waals surface area contributed by atoms with Gasteiger partial charge in [-0.15, -0.1) is 0 Å². The number of halogens is 1. The number of hydrogen-bond donors (Lipinski definition) is 0. The molecule has 2 aromatic heterocycles. The van der Waals surface area contributed by atoms with E-state index < -0.39 is 0 Å². The molecule has 0 atom stereocenters. The number of aromatic nitrogens is 4. The number of aryl methyl sites for hydroxylation is 1. The van der Waals surface area contributed by atoms with Crippen LogP contribution in [0.25, 0.3) is 5.52 Å². The van der Waals surface area contributed by atoms with Crippen LogP contribution >= 0.6 is 15.9 Å². The summed E-state index contributed by atoms with van der Waals surface area (Å²) in [6.07, 6.45) is 1.54. The van der Waals surface area contributed by atoms with Crippen LogP contribution in [0.2, 0.25) is 0 Å². The zero-order chi connectivity index (χ0) is 12.1. The minimum Gasteiger partial charge on any atom is -0.291 e. The number of rotatable bonds is 0. The van der Waals surface area contributed by atoms with Gasteiger partial charge < -0.3 is 0 Å². The maximum Gasteiger partial charge on any atom is 0.280 e. The molecule has 0 aliphatic rings. The molecule has 0 bridgehead atoms. The molecule has 0 amide bonds. The van der Waals surface area contributed by atoms with E-state index in [1.807, 2.05) is 20.8 Å². The van der Waals surface area contributed by atoms with E-state index in [1.54, 1.807) is 17.8 Å². The summed E-state index contributed by atoms with van der Waals surface area (Å²) in [5, 5.41) is 4.20. The highest BCUT2D eigenvalue weighted by atomic mass is 79.9. The van der Waals surface area contributed by atoms with E-state index in [0.29, 0.717) is 15.9 Å². The Morgan fingerprint density at radius 2 is 2.00 bits per heavy atom. The molecule has 0 aliphatic heterocycles. The molecule has 0 fully saturated rings. The first-order valence-electron chi connectivity index (χ1n) is 4.95. The van der Waals surface area contributed by atoms with Gasteiger partial charge >= 0.3 is 0 Å². The molecule has 2 rings (SSSR count). The van der Waals surface area contributed by atoms with Crippen molar-refractivity contribution in [3.8, 4) is 0 Å². The van der Waals surface area contributed by atoms with Crippen LogP contribution in [0.1, 0.15) is 26.5 Å². The van der Waals surface area contributed by atoms with Gasteiger partial charge in [-0.1, -0.05) is 0 Å². The number of nitrogens with zero attached hydrogens (tertiary/aromatic N) is 4. The van der Waals surface area contributed by atoms with Crippen molar-refractivity contribution in [2.75, 3.05) is 0 Å². The third kappa shape index (κ3) is 1.57. The van der Waals surface area contributed by atoms with Gasteiger partial charge in [0, 0.05) is 5.54 Å². The van der Waals surface area contributed by atoms with Crippen molar-refractivity contribution in [1.82, 2.24) is 19.2 Å². The monoisotopic (exact) mass is 284 g/mol. The summed E-state index contributed by atoms with van der Waals surface area (Å²) >= 11 is 3.27. The molecule has 0 aromatic carbocycles. The lowest BCUT2D eigenvalue weighted by Crippen LogP contribution is -2.35. The Hall–Kier alpha value is -1.17. The minimum atomic E-state index is -0.283. The Morgan fingerprint density at radius 3 is 2.56 bits per heavy atom. The highest BCUT2D eigenvalue weighted by Crippen LogP contribution is 2.14. The quantitative estimate of drug-likeness (QED) is 0.740. The van der Waals surface area contributed by atoms with Crippen LogP contribution < -0.4 is 5.56 Å². The predicted octanol–water partition coefficient (Wildman–Crippen LogP) is 1.72. The van der Waals surface area contributed by atoms with Crippen molar-refractivity contribution in [3.05, 3.63) is 27.1 Å². The van der Waals surface area contributed by atoms with Crippen LogP contribution in [0.15, 0.2) is 15.9 Å². The molecule has 0 N–H and O–H groups in total. The summed E-state index contributed by atoms with van der Waals surface area (Å²) in [4.78, 5) is 16.4. The Balaban J connectivity index is 2.90. The number of hydrogen-bond acceptors (Lipinski definition) is 3. The van der Waals surface area contributed by atoms with E-state index in [1.165, 1.54) is 4.52 Å². The van der Waals surface area contributed by atoms with E-state index in [4.69, 9.17) is 0 Å². The van der Waals surface area contributed by atoms with Gasteiger partial charge in [-0.05, 0) is 43.6 Å². The fourth-order valence-electron chi connectivity index (χ4n) is 1.58. The normalized spacial score (nSPS) is 12.3. The average Bonchev–Trinajstić information content (AvgIpc) is 2.41. The molecule has 0 unspecified atom stereocenters. The highest BCUT2D eigenvalue weighted by molar-refractivity contribution is 9.10. The number of imidazole rings is 1. The molecule has 0 spiro atoms. The number of fused-ring (bicyclic) bond motifs is 1. The van der Waals surface area contributed by atoms with Gasteiger partial charge in [-0.3, -0.25) is 9.36 Å². The molecule has 6 heteroatoms. The van der Waals surface area contributed by atoms with Crippen LogP contribution in [0.3, 0.4) is 0 Å². The van der Waals surface area contributed by atoms with Gasteiger partial charge in [0.1, 0.15) is 6.33 Å². The van der Waals surface area contributed by atoms with E-state index in [-0.39, 0.29) is 11.1 Å². The standard InChI is InChI=1S/C10H13BrN4O/c1-6-7-8(16)14(10(2,3)4)5-12-15(7)9(11)13-6/h5H,1-4H3. The second-order valence-corrected chi connectivity index (χ2v) is 5.41. The first-order chi connectivity index (χ1) is 7.32. The molecule has 16 heavy (non-hydrogen) atoms. The van der Waals surface area contributed by atoms with Gasteiger partial charge in [-0.2, -0.15) is 5.10 Å². The fraction of sp³-hybridized carbons (Fsp3) is 0.500. The van der Waals surface area contributed by atoms with Gasteiger partial charge in [0.05, 0.1) is 5.69 Å². The maximum atomic E-state index is 12.3. The zero-order valence-corrected chi connectivity index (χ0v) is 11.2. The van der Waals surface area contributed by atoms with E-state index in [2.05, 4.69) is 26.0 Å². The van der Waals surface area contributed by atoms with Crippen molar-refractivity contribution in [1.29, 1.82) is 0 Å². The summed E-state index contributed by atoms with van der Waals surface area (Å²) in [7, 11) is 0. The average molecular weight is 285 g/mol. The van der Waals surface area contributed by atoms with Crippen molar-refractivity contribution in [2.24, 2.45) is 0 Å². The molecule has 0 saturated carbocycles. The third-order valence-electron chi connectivity index (χ3n) is 2.42. The second-order valence-electron chi connectivity index (χ2n) is 4.70. The van der Waals surface area contributed by atoms with E-state index in [0.717, 1.165) is 0 Å². The molecular weight excluding hydrogens is 272 g/mol. The lowest BCUT2D eigenvalue weighted by atomic mass is 10.1. The first kappa shape index (κ1) is 11.3. The fourth-order valence-corrected chi connectivity index (χ4v) is 2.12. The molecule has 2 heterocycles. The molecule has 0 radical (unpaired) electrons. The third-order valence-corrected chi connectivity index (χ3v) is 2.93. The smallest absolute Gasteiger partial charge is 0.280 e. The van der Waals surface area contributed by atoms with Crippen molar-refractivity contribution >= 4 is 21.4 Å². The van der Waals surface area contributed by atoms with Gasteiger partial charge in [0.2, 0.25) is 0 Å². The molecule has 0 saturated heterocycles. The predicted molar refractivity (Wildman–Crippen MR) is 64.7 cm³/mol. The summed E-state index contributed by atoms with van der Waals surface area (Å²) in [5.41, 5.74) is 0.847. The Labute approximate surface area is 101 Å². The van der Waals surface area contributed by atoms with Crippen LogP contribution in [-0.2, 0) is 5.54 Å². The van der Waals surface area contributed by atoms with E-state index in [9.17, 15) is 4.79 Å². The highest BCUT2D eigenvalue weighted by Gasteiger charge is 2.19. The summed E-state index contributed by atoms with van der Waals surface area (Å²) in [5.74, 6) is 0. The van der Waals surface area contributed by atoms with Crippen molar-refractivity contribution < 1.29 is 0 Å². The van der Waals surface area contributed by atoms with Crippen molar-refractivity contribution in [3.63, 3.8) is 0 Å². The largest absolute Gasteiger partial charge is 0.291 e. The lowest BCUT2D eigenvalue weighted by molar-refractivity contribution is 0.376. The minimum absolute atomic E-state index is 0.0711. The molecule has 2 aromatic rings. The molecule has 86 valence electrons. The summed E-state index contributed by atoms with van der Waals surface area (Å²) in [6.45, 7) is 7.70. The van der Waals surface area contributed by atoms with Crippen LogP contribution in [-0.4, -0.2) is 19.2 Å². The van der Waals surface area contributed by atoms with Gasteiger partial charge in [0.25, 0.3) is 5.56 Å². The van der Waals surface area contributed by atoms with Crippen molar-refractivity contribution in [2.45, 2.75) is 33.2 Å². The SMILES string of the molecule is Cc1nc(Br)n2ncn(C(C)(C)C)c(=O)c12. The Kier molecular flexibility index (Phi) is 2.41. The molecule has 0 aliphatic carbocycles. The topological polar surface area (TPSA) is 52.2 Å².